The first-order valence-electron chi connectivity index (χ1n) is 6.96. The van der Waals surface area contributed by atoms with E-state index < -0.39 is 0 Å². The average molecular weight is 248 g/mol. The molecule has 3 N–H and O–H groups in total. The molecular weight excluding hydrogens is 224 g/mol. The lowest BCUT2D eigenvalue weighted by Crippen LogP contribution is -2.42. The van der Waals surface area contributed by atoms with Gasteiger partial charge in [0.15, 0.2) is 0 Å². The SMILES string of the molecule is C[C@H](N)c1ccccc1N(CCCO)C1CCC1. The van der Waals surface area contributed by atoms with E-state index in [1.54, 1.807) is 0 Å². The lowest BCUT2D eigenvalue weighted by atomic mass is 9.90. The highest BCUT2D eigenvalue weighted by molar-refractivity contribution is 5.56. The first-order valence-corrected chi connectivity index (χ1v) is 6.96. The third kappa shape index (κ3) is 2.85. The van der Waals surface area contributed by atoms with Crippen molar-refractivity contribution in [1.29, 1.82) is 0 Å². The van der Waals surface area contributed by atoms with Gasteiger partial charge in [-0.15, -0.1) is 0 Å². The molecule has 18 heavy (non-hydrogen) atoms. The maximum Gasteiger partial charge on any atom is 0.0447 e. The highest BCUT2D eigenvalue weighted by Crippen LogP contribution is 2.33. The molecule has 0 unspecified atom stereocenters. The van der Waals surface area contributed by atoms with Gasteiger partial charge in [-0.2, -0.15) is 0 Å². The zero-order valence-electron chi connectivity index (χ0n) is 11.2. The Morgan fingerprint density at radius 3 is 2.67 bits per heavy atom. The number of hydrogen-bond donors (Lipinski definition) is 2. The van der Waals surface area contributed by atoms with Crippen molar-refractivity contribution in [2.75, 3.05) is 18.1 Å². The van der Waals surface area contributed by atoms with Crippen molar-refractivity contribution in [2.45, 2.75) is 44.7 Å². The van der Waals surface area contributed by atoms with Crippen LogP contribution in [0.3, 0.4) is 0 Å². The van der Waals surface area contributed by atoms with E-state index in [0.717, 1.165) is 13.0 Å². The molecule has 1 fully saturated rings. The minimum Gasteiger partial charge on any atom is -0.396 e. The summed E-state index contributed by atoms with van der Waals surface area (Å²) in [5, 5.41) is 9.06. The van der Waals surface area contributed by atoms with Gasteiger partial charge in [-0.1, -0.05) is 18.2 Å². The van der Waals surface area contributed by atoms with E-state index in [0.29, 0.717) is 6.04 Å². The van der Waals surface area contributed by atoms with Crippen LogP contribution in [0.5, 0.6) is 0 Å². The average Bonchev–Trinajstić information content (AvgIpc) is 2.32. The highest BCUT2D eigenvalue weighted by atomic mass is 16.3. The number of para-hydroxylation sites is 1. The monoisotopic (exact) mass is 248 g/mol. The van der Waals surface area contributed by atoms with Gasteiger partial charge >= 0.3 is 0 Å². The van der Waals surface area contributed by atoms with Crippen molar-refractivity contribution < 1.29 is 5.11 Å². The summed E-state index contributed by atoms with van der Waals surface area (Å²) >= 11 is 0. The molecule has 1 aromatic carbocycles. The van der Waals surface area contributed by atoms with Gasteiger partial charge in [-0.05, 0) is 44.2 Å². The molecule has 2 rings (SSSR count). The summed E-state index contributed by atoms with van der Waals surface area (Å²) in [7, 11) is 0. The quantitative estimate of drug-likeness (QED) is 0.813. The second-order valence-electron chi connectivity index (χ2n) is 5.20. The summed E-state index contributed by atoms with van der Waals surface area (Å²) in [6.45, 7) is 3.21. The number of anilines is 1. The second kappa shape index (κ2) is 6.21. The molecule has 0 aromatic heterocycles. The summed E-state index contributed by atoms with van der Waals surface area (Å²) < 4.78 is 0. The van der Waals surface area contributed by atoms with E-state index in [1.165, 1.54) is 30.5 Å². The first-order chi connectivity index (χ1) is 8.74. The lowest BCUT2D eigenvalue weighted by Gasteiger charge is -2.40. The molecule has 1 aromatic rings. The van der Waals surface area contributed by atoms with E-state index in [-0.39, 0.29) is 12.6 Å². The van der Waals surface area contributed by atoms with Crippen molar-refractivity contribution in [2.24, 2.45) is 5.73 Å². The Kier molecular flexibility index (Phi) is 4.61. The Morgan fingerprint density at radius 1 is 1.39 bits per heavy atom. The molecule has 0 amide bonds. The van der Waals surface area contributed by atoms with Gasteiger partial charge in [0.1, 0.15) is 0 Å². The maximum atomic E-state index is 9.06. The number of nitrogens with two attached hydrogens (primary N) is 1. The smallest absolute Gasteiger partial charge is 0.0447 e. The van der Waals surface area contributed by atoms with E-state index in [4.69, 9.17) is 10.8 Å². The van der Waals surface area contributed by atoms with Crippen molar-refractivity contribution >= 4 is 5.69 Å². The second-order valence-corrected chi connectivity index (χ2v) is 5.20. The predicted molar refractivity (Wildman–Crippen MR) is 75.7 cm³/mol. The lowest BCUT2D eigenvalue weighted by molar-refractivity contribution is 0.283. The Hall–Kier alpha value is -1.06. The van der Waals surface area contributed by atoms with Gasteiger partial charge in [0.05, 0.1) is 0 Å². The zero-order valence-corrected chi connectivity index (χ0v) is 11.2. The molecule has 1 aliphatic rings. The number of benzene rings is 1. The summed E-state index contributed by atoms with van der Waals surface area (Å²) in [6, 6.07) is 9.09. The minimum absolute atomic E-state index is 0.0536. The molecule has 0 saturated heterocycles. The van der Waals surface area contributed by atoms with Crippen LogP contribution in [0.15, 0.2) is 24.3 Å². The summed E-state index contributed by atoms with van der Waals surface area (Å²) in [5.41, 5.74) is 8.53. The zero-order chi connectivity index (χ0) is 13.0. The molecule has 1 saturated carbocycles. The van der Waals surface area contributed by atoms with Gasteiger partial charge in [-0.25, -0.2) is 0 Å². The Labute approximate surface area is 110 Å². The summed E-state index contributed by atoms with van der Waals surface area (Å²) in [6.07, 6.45) is 4.67. The Morgan fingerprint density at radius 2 is 2.11 bits per heavy atom. The Balaban J connectivity index is 2.23. The van der Waals surface area contributed by atoms with Crippen LogP contribution in [0.2, 0.25) is 0 Å². The van der Waals surface area contributed by atoms with E-state index in [1.807, 2.05) is 13.0 Å². The fourth-order valence-corrected chi connectivity index (χ4v) is 2.57. The van der Waals surface area contributed by atoms with Gasteiger partial charge < -0.3 is 15.7 Å². The molecule has 0 aliphatic heterocycles. The van der Waals surface area contributed by atoms with Crippen LogP contribution in [-0.4, -0.2) is 24.3 Å². The molecule has 0 bridgehead atoms. The fourth-order valence-electron chi connectivity index (χ4n) is 2.57. The van der Waals surface area contributed by atoms with Crippen LogP contribution in [0, 0.1) is 0 Å². The van der Waals surface area contributed by atoms with Gasteiger partial charge in [0.25, 0.3) is 0 Å². The van der Waals surface area contributed by atoms with Crippen molar-refractivity contribution in [3.05, 3.63) is 29.8 Å². The minimum atomic E-state index is 0.0536. The van der Waals surface area contributed by atoms with E-state index >= 15 is 0 Å². The molecule has 100 valence electrons. The molecule has 1 atom stereocenters. The number of hydrogen-bond acceptors (Lipinski definition) is 3. The predicted octanol–water partition coefficient (Wildman–Crippen LogP) is 2.45. The summed E-state index contributed by atoms with van der Waals surface area (Å²) in [4.78, 5) is 2.44. The molecule has 3 nitrogen and oxygen atoms in total. The number of rotatable bonds is 6. The fraction of sp³-hybridized carbons (Fsp3) is 0.600. The number of aliphatic hydroxyl groups excluding tert-OH is 1. The van der Waals surface area contributed by atoms with Crippen LogP contribution in [0.1, 0.15) is 44.2 Å². The van der Waals surface area contributed by atoms with Gasteiger partial charge in [0, 0.05) is 30.9 Å². The van der Waals surface area contributed by atoms with Crippen molar-refractivity contribution in [1.82, 2.24) is 0 Å². The molecule has 0 heterocycles. The van der Waals surface area contributed by atoms with Crippen LogP contribution in [-0.2, 0) is 0 Å². The normalized spacial score (nSPS) is 17.3. The molecule has 3 heteroatoms. The molecular formula is C15H24N2O. The summed E-state index contributed by atoms with van der Waals surface area (Å²) in [5.74, 6) is 0. The van der Waals surface area contributed by atoms with Gasteiger partial charge in [0.2, 0.25) is 0 Å². The first kappa shape index (κ1) is 13.4. The van der Waals surface area contributed by atoms with Crippen molar-refractivity contribution in [3.8, 4) is 0 Å². The largest absolute Gasteiger partial charge is 0.396 e. The molecule has 0 radical (unpaired) electrons. The number of nitrogens with zero attached hydrogens (tertiary/aromatic N) is 1. The number of aliphatic hydroxyl groups is 1. The van der Waals surface area contributed by atoms with Crippen LogP contribution >= 0.6 is 0 Å². The molecule has 0 spiro atoms. The molecule has 1 aliphatic carbocycles. The van der Waals surface area contributed by atoms with Crippen LogP contribution in [0.25, 0.3) is 0 Å². The third-order valence-corrected chi connectivity index (χ3v) is 3.81. The third-order valence-electron chi connectivity index (χ3n) is 3.81. The Bertz CT molecular complexity index is 375. The topological polar surface area (TPSA) is 49.5 Å². The van der Waals surface area contributed by atoms with E-state index in [9.17, 15) is 0 Å². The van der Waals surface area contributed by atoms with Gasteiger partial charge in [-0.3, -0.25) is 0 Å². The maximum absolute atomic E-state index is 9.06. The standard InChI is InChI=1S/C15H24N2O/c1-12(16)14-8-2-3-9-15(14)17(10-5-11-18)13-6-4-7-13/h2-3,8-9,12-13,18H,4-7,10-11,16H2,1H3/t12-/m0/s1. The van der Waals surface area contributed by atoms with E-state index in [2.05, 4.69) is 23.1 Å². The van der Waals surface area contributed by atoms with Crippen LogP contribution in [0.4, 0.5) is 5.69 Å². The van der Waals surface area contributed by atoms with Crippen molar-refractivity contribution in [3.63, 3.8) is 0 Å². The highest BCUT2D eigenvalue weighted by Gasteiger charge is 2.26. The van der Waals surface area contributed by atoms with Crippen LogP contribution < -0.4 is 10.6 Å².